The minimum atomic E-state index is -4.36. The van der Waals surface area contributed by atoms with E-state index in [1.54, 1.807) is 0 Å². The third-order valence-electron chi connectivity index (χ3n) is 1.71. The highest BCUT2D eigenvalue weighted by Gasteiger charge is 2.30. The van der Waals surface area contributed by atoms with E-state index in [4.69, 9.17) is 5.73 Å². The first kappa shape index (κ1) is 10.7. The molecule has 1 atom stereocenters. The topological polar surface area (TPSA) is 38.9 Å². The van der Waals surface area contributed by atoms with Gasteiger partial charge in [-0.25, -0.2) is 0 Å². The van der Waals surface area contributed by atoms with Crippen LogP contribution in [0, 0.1) is 0 Å². The molecule has 0 saturated carbocycles. The summed E-state index contributed by atoms with van der Waals surface area (Å²) in [6.45, 7) is 3.42. The molecule has 5 heteroatoms. The van der Waals surface area contributed by atoms with Crippen molar-refractivity contribution in [2.45, 2.75) is 12.2 Å². The summed E-state index contributed by atoms with van der Waals surface area (Å²) < 4.78 is 36.3. The van der Waals surface area contributed by atoms with Crippen molar-refractivity contribution in [3.05, 3.63) is 42.2 Å². The van der Waals surface area contributed by atoms with Crippen LogP contribution in [0.2, 0.25) is 0 Å². The molecule has 0 bridgehead atoms. The van der Waals surface area contributed by atoms with Gasteiger partial charge < -0.3 is 5.73 Å². The van der Waals surface area contributed by atoms with Gasteiger partial charge in [-0.3, -0.25) is 4.98 Å². The molecule has 0 fully saturated rings. The van der Waals surface area contributed by atoms with Crippen LogP contribution < -0.4 is 5.73 Å². The normalized spacial score (nSPS) is 13.7. The van der Waals surface area contributed by atoms with Crippen LogP contribution in [0.25, 0.3) is 0 Å². The molecule has 1 unspecified atom stereocenters. The molecular formula is C9H9F3N2. The highest BCUT2D eigenvalue weighted by atomic mass is 19.4. The summed E-state index contributed by atoms with van der Waals surface area (Å²) in [6, 6.07) is 1.67. The van der Waals surface area contributed by atoms with Crippen LogP contribution >= 0.6 is 0 Å². The monoisotopic (exact) mass is 202 g/mol. The Morgan fingerprint density at radius 2 is 2.07 bits per heavy atom. The maximum absolute atomic E-state index is 12.1. The van der Waals surface area contributed by atoms with Crippen LogP contribution in [0.15, 0.2) is 31.0 Å². The molecule has 1 heterocycles. The Morgan fingerprint density at radius 1 is 1.43 bits per heavy atom. The second kappa shape index (κ2) is 3.79. The number of nitrogens with two attached hydrogens (primary N) is 1. The van der Waals surface area contributed by atoms with Crippen LogP contribution in [0.3, 0.4) is 0 Å². The Bertz CT molecular complexity index is 316. The van der Waals surface area contributed by atoms with Crippen molar-refractivity contribution in [3.63, 3.8) is 0 Å². The zero-order valence-corrected chi connectivity index (χ0v) is 7.25. The van der Waals surface area contributed by atoms with Crippen LogP contribution in [0.4, 0.5) is 13.2 Å². The van der Waals surface area contributed by atoms with E-state index in [-0.39, 0.29) is 0 Å². The fraction of sp³-hybridized carbons (Fsp3) is 0.222. The van der Waals surface area contributed by atoms with Crippen molar-refractivity contribution in [3.8, 4) is 0 Å². The number of nitrogens with zero attached hydrogens (tertiary/aromatic N) is 1. The lowest BCUT2D eigenvalue weighted by Gasteiger charge is -2.08. The molecule has 0 saturated heterocycles. The van der Waals surface area contributed by atoms with Crippen LogP contribution in [-0.4, -0.2) is 4.98 Å². The summed E-state index contributed by atoms with van der Waals surface area (Å²) in [7, 11) is 0. The summed E-state index contributed by atoms with van der Waals surface area (Å²) in [4.78, 5) is 3.60. The van der Waals surface area contributed by atoms with Gasteiger partial charge >= 0.3 is 6.18 Å². The zero-order valence-electron chi connectivity index (χ0n) is 7.25. The maximum Gasteiger partial charge on any atom is 0.417 e. The number of hydrogen-bond donors (Lipinski definition) is 1. The predicted molar refractivity (Wildman–Crippen MR) is 46.4 cm³/mol. The Balaban J connectivity index is 2.95. The highest BCUT2D eigenvalue weighted by molar-refractivity contribution is 5.20. The molecule has 0 aromatic carbocycles. The summed E-state index contributed by atoms with van der Waals surface area (Å²) in [5.74, 6) is 0. The molecule has 1 aromatic rings. The number of aromatic nitrogens is 1. The largest absolute Gasteiger partial charge is 0.417 e. The van der Waals surface area contributed by atoms with Crippen molar-refractivity contribution in [2.24, 2.45) is 5.73 Å². The molecule has 0 aliphatic heterocycles. The van der Waals surface area contributed by atoms with E-state index in [1.807, 2.05) is 0 Å². The van der Waals surface area contributed by atoms with Gasteiger partial charge in [0.1, 0.15) is 0 Å². The summed E-state index contributed by atoms with van der Waals surface area (Å²) >= 11 is 0. The average Bonchev–Trinajstić information content (AvgIpc) is 2.15. The summed E-state index contributed by atoms with van der Waals surface area (Å²) in [6.07, 6.45) is -2.18. The summed E-state index contributed by atoms with van der Waals surface area (Å²) in [5.41, 5.74) is 5.08. The molecule has 76 valence electrons. The third kappa shape index (κ3) is 2.32. The first-order chi connectivity index (χ1) is 6.45. The Hall–Kier alpha value is -1.36. The number of alkyl halides is 3. The number of halogens is 3. The van der Waals surface area contributed by atoms with Crippen molar-refractivity contribution in [1.29, 1.82) is 0 Å². The van der Waals surface area contributed by atoms with Gasteiger partial charge in [0, 0.05) is 6.20 Å². The number of rotatable bonds is 2. The van der Waals surface area contributed by atoms with E-state index in [0.29, 0.717) is 5.69 Å². The molecule has 14 heavy (non-hydrogen) atoms. The lowest BCUT2D eigenvalue weighted by molar-refractivity contribution is -0.137. The lowest BCUT2D eigenvalue weighted by atomic mass is 10.1. The molecule has 2 nitrogen and oxygen atoms in total. The van der Waals surface area contributed by atoms with Gasteiger partial charge in [-0.2, -0.15) is 13.2 Å². The smallest absolute Gasteiger partial charge is 0.319 e. The fourth-order valence-corrected chi connectivity index (χ4v) is 0.891. The standard InChI is InChI=1S/C9H9F3N2/c1-2-7(13)8-4-3-6(5-14-8)9(10,11)12/h2-5,7H,1,13H2. The van der Waals surface area contributed by atoms with Crippen LogP contribution in [0.5, 0.6) is 0 Å². The van der Waals surface area contributed by atoms with E-state index in [9.17, 15) is 13.2 Å². The van der Waals surface area contributed by atoms with Crippen molar-refractivity contribution >= 4 is 0 Å². The molecule has 0 spiro atoms. The molecule has 0 amide bonds. The van der Waals surface area contributed by atoms with E-state index in [1.165, 1.54) is 12.1 Å². The maximum atomic E-state index is 12.1. The molecular weight excluding hydrogens is 193 g/mol. The van der Waals surface area contributed by atoms with E-state index in [0.717, 1.165) is 12.3 Å². The third-order valence-corrected chi connectivity index (χ3v) is 1.71. The van der Waals surface area contributed by atoms with Gasteiger partial charge in [0.2, 0.25) is 0 Å². The Morgan fingerprint density at radius 3 is 2.43 bits per heavy atom. The first-order valence-electron chi connectivity index (χ1n) is 3.86. The number of hydrogen-bond acceptors (Lipinski definition) is 2. The minimum absolute atomic E-state index is 0.369. The van der Waals surface area contributed by atoms with E-state index < -0.39 is 17.8 Å². The molecule has 0 aliphatic carbocycles. The fourth-order valence-electron chi connectivity index (χ4n) is 0.891. The van der Waals surface area contributed by atoms with Crippen molar-refractivity contribution < 1.29 is 13.2 Å². The van der Waals surface area contributed by atoms with Gasteiger partial charge in [0.05, 0.1) is 17.3 Å². The first-order valence-corrected chi connectivity index (χ1v) is 3.86. The lowest BCUT2D eigenvalue weighted by Crippen LogP contribution is -2.11. The molecule has 1 rings (SSSR count). The van der Waals surface area contributed by atoms with Gasteiger partial charge in [0.15, 0.2) is 0 Å². The molecule has 0 radical (unpaired) electrons. The second-order valence-corrected chi connectivity index (χ2v) is 2.73. The summed E-state index contributed by atoms with van der Waals surface area (Å²) in [5, 5.41) is 0. The SMILES string of the molecule is C=CC(N)c1ccc(C(F)(F)F)cn1. The van der Waals surface area contributed by atoms with Gasteiger partial charge in [-0.15, -0.1) is 6.58 Å². The van der Waals surface area contributed by atoms with Gasteiger partial charge in [-0.1, -0.05) is 6.08 Å². The van der Waals surface area contributed by atoms with Crippen LogP contribution in [-0.2, 0) is 6.18 Å². The minimum Gasteiger partial charge on any atom is -0.319 e. The Labute approximate surface area is 79.3 Å². The van der Waals surface area contributed by atoms with Crippen LogP contribution in [0.1, 0.15) is 17.3 Å². The molecule has 0 aliphatic rings. The van der Waals surface area contributed by atoms with E-state index in [2.05, 4.69) is 11.6 Å². The average molecular weight is 202 g/mol. The molecule has 1 aromatic heterocycles. The Kier molecular flexibility index (Phi) is 2.90. The van der Waals surface area contributed by atoms with E-state index >= 15 is 0 Å². The second-order valence-electron chi connectivity index (χ2n) is 2.73. The predicted octanol–water partition coefficient (Wildman–Crippen LogP) is 2.29. The quantitative estimate of drug-likeness (QED) is 0.747. The van der Waals surface area contributed by atoms with Crippen molar-refractivity contribution in [1.82, 2.24) is 4.98 Å². The molecule has 2 N–H and O–H groups in total. The van der Waals surface area contributed by atoms with Gasteiger partial charge in [-0.05, 0) is 12.1 Å². The number of pyridine rings is 1. The zero-order chi connectivity index (χ0) is 10.8. The van der Waals surface area contributed by atoms with Crippen molar-refractivity contribution in [2.75, 3.05) is 0 Å². The van der Waals surface area contributed by atoms with Gasteiger partial charge in [0.25, 0.3) is 0 Å². The highest BCUT2D eigenvalue weighted by Crippen LogP contribution is 2.28.